The standard InChI is InChI=1S/C34H27F3N2O4S2/c1-16-6-8-17(9-7-16)15-43-19-12-10-18(11-13-19)24-25-20-14-21(28(25)44-30-29(24)45-33(42)38-30)27-26(20)31(40)39(32(27)41)23-5-3-2-4-22(23)34(35,36)37/h2-13,20-21,24-28H,14-15H2,1H3,(H,38,42)/t20-,21-,24+,25+,26+,27+,28-/m1/s1. The van der Waals surface area contributed by atoms with Crippen molar-refractivity contribution in [1.29, 1.82) is 0 Å². The van der Waals surface area contributed by atoms with Crippen molar-refractivity contribution in [1.82, 2.24) is 4.98 Å². The molecule has 11 heteroatoms. The number of rotatable bonds is 5. The molecular weight excluding hydrogens is 622 g/mol. The van der Waals surface area contributed by atoms with Gasteiger partial charge in [0, 0.05) is 16.0 Å². The first-order valence-electron chi connectivity index (χ1n) is 14.8. The lowest BCUT2D eigenvalue weighted by Crippen LogP contribution is -2.42. The number of aromatic amines is 1. The van der Waals surface area contributed by atoms with E-state index in [9.17, 15) is 27.6 Å². The van der Waals surface area contributed by atoms with E-state index in [0.717, 1.165) is 43.3 Å². The maximum Gasteiger partial charge on any atom is 0.418 e. The normalized spacial score (nSPS) is 28.3. The SMILES string of the molecule is Cc1ccc(COc2ccc([C@@H]3c4sc(=O)[nH]c4S[C@@H]4[C@@H]5C[C@@H]([C@@H]6C(=O)N(c7ccccc7C(F)(F)F)C(=O)[C@@H]56)[C@@H]34)cc2)cc1. The molecule has 0 unspecified atom stereocenters. The van der Waals surface area contributed by atoms with E-state index in [0.29, 0.717) is 18.8 Å². The summed E-state index contributed by atoms with van der Waals surface area (Å²) in [5, 5.41) is 0.710. The van der Waals surface area contributed by atoms with Crippen molar-refractivity contribution in [3.05, 3.63) is 110 Å². The summed E-state index contributed by atoms with van der Waals surface area (Å²) in [6, 6.07) is 20.7. The monoisotopic (exact) mass is 648 g/mol. The molecule has 2 saturated carbocycles. The number of hydrogen-bond donors (Lipinski definition) is 1. The maximum atomic E-state index is 13.9. The molecule has 4 aromatic rings. The van der Waals surface area contributed by atoms with Crippen LogP contribution in [0.4, 0.5) is 18.9 Å². The van der Waals surface area contributed by atoms with Gasteiger partial charge in [-0.1, -0.05) is 65.4 Å². The Balaban J connectivity index is 1.12. The van der Waals surface area contributed by atoms with Crippen molar-refractivity contribution in [3.63, 3.8) is 0 Å². The zero-order valence-corrected chi connectivity index (χ0v) is 25.5. The summed E-state index contributed by atoms with van der Waals surface area (Å²) in [5.41, 5.74) is 1.81. The number of imide groups is 1. The van der Waals surface area contributed by atoms with Gasteiger partial charge in [-0.2, -0.15) is 13.2 Å². The molecule has 3 fully saturated rings. The van der Waals surface area contributed by atoms with Gasteiger partial charge < -0.3 is 9.72 Å². The molecule has 4 aliphatic rings. The van der Waals surface area contributed by atoms with E-state index in [4.69, 9.17) is 4.74 Å². The van der Waals surface area contributed by atoms with Crippen LogP contribution < -0.4 is 14.5 Å². The second-order valence-electron chi connectivity index (χ2n) is 12.3. The van der Waals surface area contributed by atoms with Crippen LogP contribution in [-0.4, -0.2) is 22.0 Å². The first-order chi connectivity index (χ1) is 21.6. The van der Waals surface area contributed by atoms with Gasteiger partial charge in [0.25, 0.3) is 0 Å². The number of carbonyl (C=O) groups excluding carboxylic acids is 2. The Bertz CT molecular complexity index is 1880. The van der Waals surface area contributed by atoms with E-state index in [-0.39, 0.29) is 33.8 Å². The van der Waals surface area contributed by atoms with Crippen molar-refractivity contribution in [3.8, 4) is 5.75 Å². The van der Waals surface area contributed by atoms with Gasteiger partial charge in [0.15, 0.2) is 0 Å². The molecule has 1 saturated heterocycles. The summed E-state index contributed by atoms with van der Waals surface area (Å²) < 4.78 is 47.8. The summed E-state index contributed by atoms with van der Waals surface area (Å²) >= 11 is 2.71. The van der Waals surface area contributed by atoms with Crippen molar-refractivity contribution in [2.24, 2.45) is 29.6 Å². The van der Waals surface area contributed by atoms with Crippen LogP contribution in [0.25, 0.3) is 0 Å². The lowest BCUT2D eigenvalue weighted by Gasteiger charge is -2.43. The molecule has 8 rings (SSSR count). The van der Waals surface area contributed by atoms with Gasteiger partial charge >= 0.3 is 11.0 Å². The number of carbonyl (C=O) groups is 2. The number of nitrogens with zero attached hydrogens (tertiary/aromatic N) is 1. The van der Waals surface area contributed by atoms with Crippen LogP contribution in [-0.2, 0) is 22.4 Å². The molecule has 3 aromatic carbocycles. The molecule has 2 aliphatic heterocycles. The van der Waals surface area contributed by atoms with Gasteiger partial charge in [-0.3, -0.25) is 14.4 Å². The molecule has 0 radical (unpaired) electrons. The van der Waals surface area contributed by atoms with Gasteiger partial charge in [-0.15, -0.1) is 11.8 Å². The third-order valence-corrected chi connectivity index (χ3v) is 12.5. The number of alkyl halides is 3. The van der Waals surface area contributed by atoms with Crippen LogP contribution in [0, 0.1) is 36.5 Å². The molecule has 230 valence electrons. The lowest BCUT2D eigenvalue weighted by atomic mass is 9.68. The summed E-state index contributed by atoms with van der Waals surface area (Å²) in [7, 11) is 0. The summed E-state index contributed by atoms with van der Waals surface area (Å²) in [6.07, 6.45) is -4.06. The van der Waals surface area contributed by atoms with Crippen molar-refractivity contribution >= 4 is 40.6 Å². The van der Waals surface area contributed by atoms with Crippen molar-refractivity contribution in [2.45, 2.75) is 42.3 Å². The van der Waals surface area contributed by atoms with Gasteiger partial charge in [0.1, 0.15) is 12.4 Å². The molecule has 1 aromatic heterocycles. The lowest BCUT2D eigenvalue weighted by molar-refractivity contribution is -0.137. The number of hydrogen-bond acceptors (Lipinski definition) is 6. The number of amides is 2. The number of nitrogens with one attached hydrogen (secondary N) is 1. The molecule has 45 heavy (non-hydrogen) atoms. The quantitative estimate of drug-likeness (QED) is 0.236. The van der Waals surface area contributed by atoms with Crippen molar-refractivity contribution in [2.75, 3.05) is 4.90 Å². The third kappa shape index (κ3) is 4.49. The number of thioether (sulfide) groups is 1. The minimum Gasteiger partial charge on any atom is -0.489 e. The van der Waals surface area contributed by atoms with Gasteiger partial charge in [0.05, 0.1) is 28.1 Å². The second-order valence-corrected chi connectivity index (χ2v) is 14.5. The number of ether oxygens (including phenoxy) is 1. The number of halogens is 3. The predicted molar refractivity (Wildman–Crippen MR) is 164 cm³/mol. The van der Waals surface area contributed by atoms with E-state index in [1.807, 2.05) is 55.5 Å². The number of fused-ring (bicyclic) bond motifs is 9. The Morgan fingerprint density at radius 2 is 1.60 bits per heavy atom. The highest BCUT2D eigenvalue weighted by atomic mass is 32.2. The minimum atomic E-state index is -4.71. The zero-order chi connectivity index (χ0) is 31.2. The van der Waals surface area contributed by atoms with Crippen LogP contribution in [0.1, 0.15) is 39.5 Å². The topological polar surface area (TPSA) is 79.5 Å². The number of H-pyrrole nitrogens is 1. The Hall–Kier alpha value is -3.83. The maximum absolute atomic E-state index is 13.9. The van der Waals surface area contributed by atoms with Crippen LogP contribution >= 0.6 is 23.1 Å². The van der Waals surface area contributed by atoms with Gasteiger partial charge in [-0.25, -0.2) is 4.90 Å². The van der Waals surface area contributed by atoms with E-state index >= 15 is 0 Å². The molecule has 6 nitrogen and oxygen atoms in total. The number of anilines is 1. The van der Waals surface area contributed by atoms with Crippen LogP contribution in [0.2, 0.25) is 0 Å². The average Bonchev–Trinajstić information content (AvgIpc) is 3.75. The van der Waals surface area contributed by atoms with E-state index in [1.54, 1.807) is 11.8 Å². The van der Waals surface area contributed by atoms with Crippen LogP contribution in [0.15, 0.2) is 82.6 Å². The third-order valence-electron chi connectivity index (χ3n) is 9.94. The average molecular weight is 649 g/mol. The highest BCUT2D eigenvalue weighted by molar-refractivity contribution is 8.00. The summed E-state index contributed by atoms with van der Waals surface area (Å²) in [5.74, 6) is -2.42. The largest absolute Gasteiger partial charge is 0.489 e. The van der Waals surface area contributed by atoms with Crippen LogP contribution in [0.5, 0.6) is 5.75 Å². The number of para-hydroxylation sites is 1. The minimum absolute atomic E-state index is 0.0610. The Kier molecular flexibility index (Phi) is 6.58. The van der Waals surface area contributed by atoms with Gasteiger partial charge in [0.2, 0.25) is 11.8 Å². The number of thiazole rings is 1. The molecule has 0 spiro atoms. The fourth-order valence-corrected chi connectivity index (χ4v) is 11.0. The fourth-order valence-electron chi connectivity index (χ4n) is 8.16. The molecule has 2 aliphatic carbocycles. The molecule has 2 amide bonds. The van der Waals surface area contributed by atoms with Crippen LogP contribution in [0.3, 0.4) is 0 Å². The predicted octanol–water partition coefficient (Wildman–Crippen LogP) is 7.02. The van der Waals surface area contributed by atoms with Gasteiger partial charge in [-0.05, 0) is 66.5 Å². The zero-order valence-electron chi connectivity index (χ0n) is 23.9. The number of aryl methyl sites for hydroxylation is 1. The Morgan fingerprint density at radius 3 is 2.31 bits per heavy atom. The summed E-state index contributed by atoms with van der Waals surface area (Å²) in [6.45, 7) is 2.45. The molecule has 3 heterocycles. The molecule has 1 N–H and O–H groups in total. The molecule has 7 atom stereocenters. The highest BCUT2D eigenvalue weighted by Crippen LogP contribution is 2.68. The first-order valence-corrected chi connectivity index (χ1v) is 16.5. The fraction of sp³-hybridized carbons (Fsp3) is 0.324. The number of aromatic nitrogens is 1. The van der Waals surface area contributed by atoms with E-state index < -0.39 is 41.1 Å². The Morgan fingerprint density at radius 1 is 0.911 bits per heavy atom. The molecule has 2 bridgehead atoms. The van der Waals surface area contributed by atoms with Crippen molar-refractivity contribution < 1.29 is 27.5 Å². The van der Waals surface area contributed by atoms with E-state index in [1.165, 1.54) is 23.8 Å². The first kappa shape index (κ1) is 28.6. The molecular formula is C34H27F3N2O4S2. The number of benzene rings is 3. The second kappa shape index (κ2) is 10.3. The summed E-state index contributed by atoms with van der Waals surface area (Å²) in [4.78, 5) is 44.8. The van der Waals surface area contributed by atoms with E-state index in [2.05, 4.69) is 4.98 Å². The highest BCUT2D eigenvalue weighted by Gasteiger charge is 2.70. The Labute approximate surface area is 264 Å². The smallest absolute Gasteiger partial charge is 0.418 e.